The van der Waals surface area contributed by atoms with E-state index in [4.69, 9.17) is 14.2 Å². The fraction of sp³-hybridized carbons (Fsp3) is 0.593. The van der Waals surface area contributed by atoms with Gasteiger partial charge in [-0.1, -0.05) is 0 Å². The molecule has 1 fully saturated rings. The molecule has 0 radical (unpaired) electrons. The second kappa shape index (κ2) is 12.4. The summed E-state index contributed by atoms with van der Waals surface area (Å²) in [4.78, 5) is 44.8. The molecule has 2 aliphatic rings. The van der Waals surface area contributed by atoms with Crippen LogP contribution in [0.1, 0.15) is 46.2 Å². The average molecular weight is 532 g/mol. The molecular weight excluding hydrogens is 490 g/mol. The Morgan fingerprint density at radius 3 is 2.32 bits per heavy atom. The molecule has 2 N–H and O–H groups in total. The summed E-state index contributed by atoms with van der Waals surface area (Å²) in [5.74, 6) is 0.585. The van der Waals surface area contributed by atoms with E-state index in [0.29, 0.717) is 67.6 Å². The molecule has 11 heteroatoms. The number of nitrogens with one attached hydrogen (secondary N) is 2. The van der Waals surface area contributed by atoms with Crippen LogP contribution in [0.2, 0.25) is 0 Å². The second-order valence-electron chi connectivity index (χ2n) is 10.3. The van der Waals surface area contributed by atoms with Gasteiger partial charge in [0.05, 0.1) is 32.4 Å². The summed E-state index contributed by atoms with van der Waals surface area (Å²) in [7, 11) is 3.09. The Labute approximate surface area is 225 Å². The maximum atomic E-state index is 13.4. The molecule has 210 valence electrons. The molecule has 0 bridgehead atoms. The summed E-state index contributed by atoms with van der Waals surface area (Å²) in [6.07, 6.45) is 0. The van der Waals surface area contributed by atoms with Gasteiger partial charge in [-0.25, -0.2) is 14.4 Å². The minimum atomic E-state index is -0.789. The van der Waals surface area contributed by atoms with Crippen molar-refractivity contribution >= 4 is 18.0 Å². The van der Waals surface area contributed by atoms with Crippen molar-refractivity contribution in [2.24, 2.45) is 0 Å². The zero-order chi connectivity index (χ0) is 28.0. The van der Waals surface area contributed by atoms with Crippen LogP contribution in [-0.2, 0) is 9.53 Å². The lowest BCUT2D eigenvalue weighted by molar-refractivity contribution is -0.139. The first kappa shape index (κ1) is 29.1. The molecule has 2 aliphatic heterocycles. The van der Waals surface area contributed by atoms with E-state index in [-0.39, 0.29) is 24.2 Å². The van der Waals surface area contributed by atoms with Crippen molar-refractivity contribution < 1.29 is 28.6 Å². The summed E-state index contributed by atoms with van der Waals surface area (Å²) >= 11 is 0. The predicted octanol–water partition coefficient (Wildman–Crippen LogP) is 2.73. The highest BCUT2D eigenvalue weighted by Crippen LogP contribution is 2.38. The van der Waals surface area contributed by atoms with Crippen LogP contribution in [0.4, 0.5) is 9.59 Å². The predicted molar refractivity (Wildman–Crippen MR) is 143 cm³/mol. The van der Waals surface area contributed by atoms with E-state index in [0.717, 1.165) is 0 Å². The van der Waals surface area contributed by atoms with Crippen LogP contribution in [0.3, 0.4) is 0 Å². The zero-order valence-electron chi connectivity index (χ0n) is 23.6. The first-order valence-corrected chi connectivity index (χ1v) is 13.0. The number of carbonyl (C=O) groups excluding carboxylic acids is 3. The number of nitrogens with zero attached hydrogens (tertiary/aromatic N) is 3. The lowest BCUT2D eigenvalue weighted by Crippen LogP contribution is -2.56. The van der Waals surface area contributed by atoms with Crippen molar-refractivity contribution in [3.05, 3.63) is 35.0 Å². The van der Waals surface area contributed by atoms with Gasteiger partial charge in [0.25, 0.3) is 0 Å². The summed E-state index contributed by atoms with van der Waals surface area (Å²) in [6, 6.07) is 4.07. The number of hydrogen-bond acceptors (Lipinski definition) is 7. The first-order chi connectivity index (χ1) is 18.0. The van der Waals surface area contributed by atoms with Crippen LogP contribution in [0.15, 0.2) is 29.5 Å². The normalized spacial score (nSPS) is 18.7. The number of rotatable bonds is 8. The molecule has 0 aromatic heterocycles. The van der Waals surface area contributed by atoms with Crippen LogP contribution in [-0.4, -0.2) is 98.4 Å². The fourth-order valence-corrected chi connectivity index (χ4v) is 4.68. The molecular formula is C27H41N5O6. The summed E-state index contributed by atoms with van der Waals surface area (Å²) in [6.45, 7) is 12.7. The molecule has 1 atom stereocenters. The number of urea groups is 2. The molecule has 1 aromatic carbocycles. The number of ether oxygens (including phenoxy) is 3. The average Bonchev–Trinajstić information content (AvgIpc) is 2.87. The second-order valence-corrected chi connectivity index (χ2v) is 10.3. The van der Waals surface area contributed by atoms with Gasteiger partial charge in [0.2, 0.25) is 0 Å². The zero-order valence-corrected chi connectivity index (χ0v) is 23.6. The maximum Gasteiger partial charge on any atom is 0.338 e. The van der Waals surface area contributed by atoms with Gasteiger partial charge in [0, 0.05) is 56.1 Å². The number of piperazine rings is 1. The van der Waals surface area contributed by atoms with Crippen molar-refractivity contribution in [2.75, 3.05) is 60.1 Å². The number of amides is 4. The molecule has 4 amide bonds. The Bertz CT molecular complexity index is 1060. The number of hydrogen-bond donors (Lipinski definition) is 2. The molecule has 2 heterocycles. The van der Waals surface area contributed by atoms with Crippen molar-refractivity contribution in [3.63, 3.8) is 0 Å². The lowest BCUT2D eigenvalue weighted by Gasteiger charge is -2.41. The quantitative estimate of drug-likeness (QED) is 0.496. The monoisotopic (exact) mass is 531 g/mol. The fourth-order valence-electron chi connectivity index (χ4n) is 4.68. The molecule has 38 heavy (non-hydrogen) atoms. The van der Waals surface area contributed by atoms with Crippen LogP contribution in [0, 0.1) is 0 Å². The number of benzene rings is 1. The third-order valence-electron chi connectivity index (χ3n) is 6.51. The topological polar surface area (TPSA) is 113 Å². The standard InChI is InChI=1S/C27H41N5O6/c1-8-32-20(17-30-12-14-31(15-13-30)26(35)29-27(3,4)5)22(24(33)38-9-2)23(28-25(32)34)19-16-18(36-6)10-11-21(19)37-7/h10-11,16,23H,8-9,12-15,17H2,1-7H3,(H,28,34)(H,29,35)/t23-/m0/s1. The smallest absolute Gasteiger partial charge is 0.338 e. The molecule has 1 saturated heterocycles. The van der Waals surface area contributed by atoms with E-state index in [2.05, 4.69) is 15.5 Å². The molecule has 1 aromatic rings. The minimum absolute atomic E-state index is 0.0963. The van der Waals surface area contributed by atoms with E-state index < -0.39 is 12.0 Å². The third kappa shape index (κ3) is 6.69. The summed E-state index contributed by atoms with van der Waals surface area (Å²) in [5, 5.41) is 5.97. The van der Waals surface area contributed by atoms with Gasteiger partial charge < -0.3 is 29.7 Å². The minimum Gasteiger partial charge on any atom is -0.497 e. The van der Waals surface area contributed by atoms with Gasteiger partial charge in [-0.2, -0.15) is 0 Å². The molecule has 0 spiro atoms. The van der Waals surface area contributed by atoms with Crippen molar-refractivity contribution in [2.45, 2.75) is 46.2 Å². The first-order valence-electron chi connectivity index (χ1n) is 13.0. The highest BCUT2D eigenvalue weighted by molar-refractivity contribution is 5.95. The van der Waals surface area contributed by atoms with Gasteiger partial charge in [-0.15, -0.1) is 0 Å². The summed E-state index contributed by atoms with van der Waals surface area (Å²) < 4.78 is 16.5. The number of likely N-dealkylation sites (N-methyl/N-ethyl adjacent to an activating group) is 1. The van der Waals surface area contributed by atoms with Gasteiger partial charge in [0.15, 0.2) is 0 Å². The van der Waals surface area contributed by atoms with Crippen molar-refractivity contribution in [1.29, 1.82) is 0 Å². The molecule has 0 aliphatic carbocycles. The highest BCUT2D eigenvalue weighted by atomic mass is 16.5. The van der Waals surface area contributed by atoms with Gasteiger partial charge in [-0.3, -0.25) is 9.80 Å². The van der Waals surface area contributed by atoms with E-state index >= 15 is 0 Å². The van der Waals surface area contributed by atoms with Gasteiger partial charge in [0.1, 0.15) is 11.5 Å². The van der Waals surface area contributed by atoms with Gasteiger partial charge >= 0.3 is 18.0 Å². The molecule has 3 rings (SSSR count). The Hall–Kier alpha value is -3.47. The van der Waals surface area contributed by atoms with E-state index in [9.17, 15) is 14.4 Å². The highest BCUT2D eigenvalue weighted by Gasteiger charge is 2.40. The summed E-state index contributed by atoms with van der Waals surface area (Å²) in [5.41, 5.74) is 1.21. The Morgan fingerprint density at radius 1 is 1.08 bits per heavy atom. The number of carbonyl (C=O) groups is 3. The van der Waals surface area contributed by atoms with E-state index in [1.807, 2.05) is 27.7 Å². The molecule has 0 unspecified atom stereocenters. The van der Waals surface area contributed by atoms with Crippen LogP contribution < -0.4 is 20.1 Å². The number of esters is 1. The largest absolute Gasteiger partial charge is 0.497 e. The van der Waals surface area contributed by atoms with Crippen LogP contribution in [0.25, 0.3) is 0 Å². The van der Waals surface area contributed by atoms with Crippen molar-refractivity contribution in [3.8, 4) is 11.5 Å². The number of methoxy groups -OCH3 is 2. The van der Waals surface area contributed by atoms with Crippen LogP contribution in [0.5, 0.6) is 11.5 Å². The van der Waals surface area contributed by atoms with Gasteiger partial charge in [-0.05, 0) is 52.8 Å². The SMILES string of the molecule is CCOC(=O)C1=C(CN2CCN(C(=O)NC(C)(C)C)CC2)N(CC)C(=O)N[C@H]1c1cc(OC)ccc1OC. The van der Waals surface area contributed by atoms with Crippen LogP contribution >= 0.6 is 0 Å². The third-order valence-corrected chi connectivity index (χ3v) is 6.51. The Morgan fingerprint density at radius 2 is 1.76 bits per heavy atom. The maximum absolute atomic E-state index is 13.4. The van der Waals surface area contributed by atoms with Crippen molar-refractivity contribution in [1.82, 2.24) is 25.3 Å². The van der Waals surface area contributed by atoms with E-state index in [1.165, 1.54) is 7.11 Å². The molecule has 11 nitrogen and oxygen atoms in total. The molecule has 0 saturated carbocycles. The Kier molecular flexibility index (Phi) is 9.48. The Balaban J connectivity index is 1.97. The lowest BCUT2D eigenvalue weighted by atomic mass is 9.93. The van der Waals surface area contributed by atoms with E-state index in [1.54, 1.807) is 42.0 Å².